The maximum Gasteiger partial charge on any atom is 0.332 e. The molecule has 0 bridgehead atoms. The second-order valence-electron chi connectivity index (χ2n) is 5.20. The monoisotopic (exact) mass is 287 g/mol. The van der Waals surface area contributed by atoms with Crippen LogP contribution >= 0.6 is 0 Å². The van der Waals surface area contributed by atoms with Crippen LogP contribution in [0.2, 0.25) is 0 Å². The van der Waals surface area contributed by atoms with Gasteiger partial charge in [0, 0.05) is 32.0 Å². The molecule has 0 aliphatic carbocycles. The number of hydrogen-bond donors (Lipinski definition) is 0. The predicted octanol–water partition coefficient (Wildman–Crippen LogP) is 0.489. The molecule has 0 aliphatic heterocycles. The lowest BCUT2D eigenvalue weighted by Gasteiger charge is -2.06. The van der Waals surface area contributed by atoms with Crippen LogP contribution in [0.1, 0.15) is 11.4 Å². The Morgan fingerprint density at radius 2 is 1.81 bits per heavy atom. The quantitative estimate of drug-likeness (QED) is 0.644. The number of aryl methyl sites for hydroxylation is 3. The fourth-order valence-corrected chi connectivity index (χ4v) is 2.70. The normalized spacial score (nSPS) is 11.6. The van der Waals surface area contributed by atoms with Gasteiger partial charge in [-0.05, 0) is 13.8 Å². The Kier molecular flexibility index (Phi) is 2.69. The van der Waals surface area contributed by atoms with Crippen molar-refractivity contribution in [3.05, 3.63) is 44.9 Å². The van der Waals surface area contributed by atoms with E-state index in [0.717, 1.165) is 11.4 Å². The molecule has 7 nitrogen and oxygen atoms in total. The van der Waals surface area contributed by atoms with Crippen molar-refractivity contribution in [1.29, 1.82) is 0 Å². The minimum atomic E-state index is -0.384. The second kappa shape index (κ2) is 4.21. The van der Waals surface area contributed by atoms with Gasteiger partial charge >= 0.3 is 5.69 Å². The first-order valence-corrected chi connectivity index (χ1v) is 6.65. The Morgan fingerprint density at radius 3 is 2.43 bits per heavy atom. The Bertz CT molecular complexity index is 1010. The minimum Gasteiger partial charge on any atom is -0.317 e. The molecule has 3 rings (SSSR count). The largest absolute Gasteiger partial charge is 0.332 e. The molecule has 0 radical (unpaired) electrons. The van der Waals surface area contributed by atoms with Gasteiger partial charge in [0.1, 0.15) is 0 Å². The van der Waals surface area contributed by atoms with Crippen LogP contribution in [-0.2, 0) is 20.6 Å². The average Bonchev–Trinajstić information content (AvgIpc) is 2.95. The molecule has 0 aromatic carbocycles. The van der Waals surface area contributed by atoms with Gasteiger partial charge in [-0.2, -0.15) is 4.98 Å². The highest BCUT2D eigenvalue weighted by molar-refractivity contribution is 5.76. The van der Waals surface area contributed by atoms with E-state index in [2.05, 4.69) is 11.6 Å². The van der Waals surface area contributed by atoms with E-state index in [1.807, 2.05) is 29.9 Å². The Balaban J connectivity index is 2.67. The van der Waals surface area contributed by atoms with Crippen molar-refractivity contribution < 1.29 is 0 Å². The van der Waals surface area contributed by atoms with Gasteiger partial charge in [0.25, 0.3) is 5.56 Å². The number of imidazole rings is 2. The summed E-state index contributed by atoms with van der Waals surface area (Å²) in [4.78, 5) is 29.4. The molecule has 110 valence electrons. The van der Waals surface area contributed by atoms with Crippen molar-refractivity contribution >= 4 is 16.9 Å². The van der Waals surface area contributed by atoms with Crippen LogP contribution < -0.4 is 11.2 Å². The van der Waals surface area contributed by atoms with Crippen molar-refractivity contribution in [2.24, 2.45) is 14.1 Å². The summed E-state index contributed by atoms with van der Waals surface area (Å²) in [6.45, 7) is 7.69. The summed E-state index contributed by atoms with van der Waals surface area (Å²) in [6.07, 6.45) is 1.54. The molecule has 0 saturated carbocycles. The molecule has 0 spiro atoms. The fraction of sp³-hybridized carbons (Fsp3) is 0.357. The van der Waals surface area contributed by atoms with Crippen LogP contribution in [0.4, 0.5) is 0 Å². The van der Waals surface area contributed by atoms with Crippen molar-refractivity contribution in [3.63, 3.8) is 0 Å². The summed E-state index contributed by atoms with van der Waals surface area (Å²) in [6, 6.07) is 0. The van der Waals surface area contributed by atoms with Crippen LogP contribution in [0.5, 0.6) is 0 Å². The summed E-state index contributed by atoms with van der Waals surface area (Å²) in [7, 11) is 3.52. The zero-order valence-electron chi connectivity index (χ0n) is 12.5. The topological polar surface area (TPSA) is 66.2 Å². The minimum absolute atomic E-state index is 0.180. The third kappa shape index (κ3) is 1.51. The summed E-state index contributed by atoms with van der Waals surface area (Å²) in [5.74, 6) is 0.656. The molecule has 0 amide bonds. The molecule has 7 heteroatoms. The lowest BCUT2D eigenvalue weighted by Crippen LogP contribution is -2.39. The number of allylic oxidation sites excluding steroid dienone is 1. The lowest BCUT2D eigenvalue weighted by molar-refractivity contribution is 0.667. The zero-order valence-corrected chi connectivity index (χ0v) is 12.5. The van der Waals surface area contributed by atoms with Gasteiger partial charge in [0.2, 0.25) is 5.78 Å². The first kappa shape index (κ1) is 13.4. The second-order valence-corrected chi connectivity index (χ2v) is 5.20. The molecule has 0 fully saturated rings. The van der Waals surface area contributed by atoms with Gasteiger partial charge in [-0.25, -0.2) is 4.79 Å². The number of nitrogens with zero attached hydrogens (tertiary/aromatic N) is 5. The van der Waals surface area contributed by atoms with E-state index < -0.39 is 0 Å². The van der Waals surface area contributed by atoms with Crippen LogP contribution in [0.3, 0.4) is 0 Å². The smallest absolute Gasteiger partial charge is 0.317 e. The standard InChI is InChI=1S/C14H17N5O2/c1-6-7-18-12(20)10-11(17(5)14(18)21)15-13-16(4)8(2)9(3)19(10)13/h6H,1,7H2,2-5H3. The summed E-state index contributed by atoms with van der Waals surface area (Å²) in [5.41, 5.74) is 2.08. The molecule has 3 aromatic heterocycles. The number of rotatable bonds is 2. The molecule has 0 aliphatic rings. The van der Waals surface area contributed by atoms with E-state index in [-0.39, 0.29) is 17.8 Å². The molecule has 0 unspecified atom stereocenters. The van der Waals surface area contributed by atoms with Crippen LogP contribution in [0.25, 0.3) is 16.9 Å². The van der Waals surface area contributed by atoms with Gasteiger partial charge in [0.15, 0.2) is 11.2 Å². The first-order valence-electron chi connectivity index (χ1n) is 6.65. The molecular weight excluding hydrogens is 270 g/mol. The summed E-state index contributed by atoms with van der Waals surface area (Å²) < 4.78 is 6.30. The fourth-order valence-electron chi connectivity index (χ4n) is 2.70. The van der Waals surface area contributed by atoms with Gasteiger partial charge in [-0.3, -0.25) is 18.3 Å². The predicted molar refractivity (Wildman–Crippen MR) is 80.8 cm³/mol. The van der Waals surface area contributed by atoms with Gasteiger partial charge < -0.3 is 4.57 Å². The van der Waals surface area contributed by atoms with E-state index in [9.17, 15) is 9.59 Å². The first-order chi connectivity index (χ1) is 9.90. The zero-order chi connectivity index (χ0) is 15.5. The molecular formula is C14H17N5O2. The van der Waals surface area contributed by atoms with E-state index >= 15 is 0 Å². The van der Waals surface area contributed by atoms with E-state index in [1.54, 1.807) is 7.05 Å². The van der Waals surface area contributed by atoms with Crippen LogP contribution in [0.15, 0.2) is 22.2 Å². The summed E-state index contributed by atoms with van der Waals surface area (Å²) in [5, 5.41) is 0. The highest BCUT2D eigenvalue weighted by Crippen LogP contribution is 2.18. The van der Waals surface area contributed by atoms with Gasteiger partial charge in [0.05, 0.1) is 0 Å². The van der Waals surface area contributed by atoms with Crippen molar-refractivity contribution in [1.82, 2.24) is 23.1 Å². The highest BCUT2D eigenvalue weighted by Gasteiger charge is 2.20. The van der Waals surface area contributed by atoms with Crippen LogP contribution in [-0.4, -0.2) is 23.1 Å². The third-order valence-electron chi connectivity index (χ3n) is 4.10. The molecule has 3 aromatic rings. The maximum absolute atomic E-state index is 12.7. The maximum atomic E-state index is 12.7. The molecule has 21 heavy (non-hydrogen) atoms. The molecule has 0 N–H and O–H groups in total. The molecule has 0 atom stereocenters. The SMILES string of the molecule is C=CCn1c(=O)c2c(nc3n(C)c(C)c(C)n23)n(C)c1=O. The number of aromatic nitrogens is 5. The Hall–Kier alpha value is -2.57. The van der Waals surface area contributed by atoms with E-state index in [1.165, 1.54) is 15.2 Å². The van der Waals surface area contributed by atoms with E-state index in [0.29, 0.717) is 16.9 Å². The molecule has 3 heterocycles. The van der Waals surface area contributed by atoms with Crippen molar-refractivity contribution in [2.45, 2.75) is 20.4 Å². The Labute approximate surface area is 120 Å². The van der Waals surface area contributed by atoms with E-state index in [4.69, 9.17) is 0 Å². The third-order valence-corrected chi connectivity index (χ3v) is 4.10. The number of fused-ring (bicyclic) bond motifs is 3. The van der Waals surface area contributed by atoms with Crippen molar-refractivity contribution in [3.8, 4) is 0 Å². The van der Waals surface area contributed by atoms with Gasteiger partial charge in [-0.1, -0.05) is 6.08 Å². The van der Waals surface area contributed by atoms with Crippen molar-refractivity contribution in [2.75, 3.05) is 0 Å². The number of hydrogen-bond acceptors (Lipinski definition) is 3. The molecule has 0 saturated heterocycles. The highest BCUT2D eigenvalue weighted by atomic mass is 16.2. The van der Waals surface area contributed by atoms with Crippen LogP contribution in [0, 0.1) is 13.8 Å². The average molecular weight is 287 g/mol. The van der Waals surface area contributed by atoms with Gasteiger partial charge in [-0.15, -0.1) is 6.58 Å². The lowest BCUT2D eigenvalue weighted by atomic mass is 10.3. The Morgan fingerprint density at radius 1 is 1.14 bits per heavy atom. The summed E-state index contributed by atoms with van der Waals surface area (Å²) >= 11 is 0.